The Hall–Kier alpha value is -1.35. The zero-order valence-corrected chi connectivity index (χ0v) is 12.3. The van der Waals surface area contributed by atoms with Crippen molar-refractivity contribution in [1.82, 2.24) is 5.32 Å². The molecule has 0 radical (unpaired) electrons. The van der Waals surface area contributed by atoms with Gasteiger partial charge in [-0.15, -0.1) is 0 Å². The molecule has 0 aliphatic heterocycles. The van der Waals surface area contributed by atoms with Crippen molar-refractivity contribution in [3.05, 3.63) is 35.9 Å². The normalized spacial score (nSPS) is 19.9. The number of amides is 1. The molecule has 1 aliphatic carbocycles. The Morgan fingerprint density at radius 2 is 1.75 bits per heavy atom. The van der Waals surface area contributed by atoms with Crippen LogP contribution in [-0.2, 0) is 4.79 Å². The molecule has 1 unspecified atom stereocenters. The maximum absolute atomic E-state index is 12.2. The molecule has 20 heavy (non-hydrogen) atoms. The highest BCUT2D eigenvalue weighted by Gasteiger charge is 2.23. The zero-order chi connectivity index (χ0) is 14.4. The van der Waals surface area contributed by atoms with E-state index in [2.05, 4.69) is 12.2 Å². The molecule has 1 saturated carbocycles. The molecule has 1 aliphatic rings. The zero-order valence-electron chi connectivity index (χ0n) is 12.3. The van der Waals surface area contributed by atoms with E-state index in [-0.39, 0.29) is 11.9 Å². The van der Waals surface area contributed by atoms with Gasteiger partial charge in [-0.2, -0.15) is 0 Å². The Bertz CT molecular complexity index is 410. The molecule has 2 rings (SSSR count). The standard InChI is InChI=1S/C17H26N2O/c1-13(14-9-5-2-3-6-10-14)19-17(20)16(18)15-11-7-4-8-12-15/h4,7-8,11-14,16H,2-3,5-6,9-10,18H2,1H3,(H,19,20)/t13-,16?/m1/s1. The molecule has 1 aromatic rings. The van der Waals surface area contributed by atoms with Crippen LogP contribution in [0.25, 0.3) is 0 Å². The van der Waals surface area contributed by atoms with Gasteiger partial charge in [0, 0.05) is 6.04 Å². The van der Waals surface area contributed by atoms with Crippen LogP contribution < -0.4 is 11.1 Å². The molecule has 3 heteroatoms. The molecular formula is C17H26N2O. The van der Waals surface area contributed by atoms with Crippen LogP contribution in [-0.4, -0.2) is 11.9 Å². The van der Waals surface area contributed by atoms with Gasteiger partial charge in [0.1, 0.15) is 6.04 Å². The summed E-state index contributed by atoms with van der Waals surface area (Å²) in [7, 11) is 0. The van der Waals surface area contributed by atoms with Gasteiger partial charge in [-0.05, 0) is 31.2 Å². The van der Waals surface area contributed by atoms with Crippen molar-refractivity contribution in [2.45, 2.75) is 57.5 Å². The van der Waals surface area contributed by atoms with Crippen molar-refractivity contribution in [2.75, 3.05) is 0 Å². The number of carbonyl (C=O) groups excluding carboxylic acids is 1. The van der Waals surface area contributed by atoms with E-state index in [0.717, 1.165) is 5.56 Å². The molecule has 1 aromatic carbocycles. The second-order valence-electron chi connectivity index (χ2n) is 5.94. The summed E-state index contributed by atoms with van der Waals surface area (Å²) in [5.74, 6) is 0.539. The summed E-state index contributed by atoms with van der Waals surface area (Å²) >= 11 is 0. The minimum absolute atomic E-state index is 0.0621. The van der Waals surface area contributed by atoms with Crippen molar-refractivity contribution >= 4 is 5.91 Å². The number of carbonyl (C=O) groups is 1. The van der Waals surface area contributed by atoms with Gasteiger partial charge in [-0.1, -0.05) is 56.0 Å². The Kier molecular flexibility index (Phi) is 5.60. The molecule has 2 atom stereocenters. The summed E-state index contributed by atoms with van der Waals surface area (Å²) in [6.45, 7) is 2.12. The van der Waals surface area contributed by atoms with Crippen molar-refractivity contribution in [1.29, 1.82) is 0 Å². The first-order valence-electron chi connectivity index (χ1n) is 7.79. The second kappa shape index (κ2) is 7.44. The van der Waals surface area contributed by atoms with Gasteiger partial charge < -0.3 is 11.1 Å². The third-order valence-electron chi connectivity index (χ3n) is 4.42. The third-order valence-corrected chi connectivity index (χ3v) is 4.42. The van der Waals surface area contributed by atoms with Gasteiger partial charge in [0.05, 0.1) is 0 Å². The third kappa shape index (κ3) is 4.07. The molecule has 0 heterocycles. The molecule has 0 saturated heterocycles. The highest BCUT2D eigenvalue weighted by atomic mass is 16.2. The topological polar surface area (TPSA) is 55.1 Å². The lowest BCUT2D eigenvalue weighted by atomic mass is 9.92. The monoisotopic (exact) mass is 274 g/mol. The van der Waals surface area contributed by atoms with Crippen LogP contribution in [0.5, 0.6) is 0 Å². The van der Waals surface area contributed by atoms with Gasteiger partial charge in [-0.25, -0.2) is 0 Å². The summed E-state index contributed by atoms with van der Waals surface area (Å²) in [5.41, 5.74) is 6.91. The van der Waals surface area contributed by atoms with Gasteiger partial charge in [0.15, 0.2) is 0 Å². The summed E-state index contributed by atoms with van der Waals surface area (Å²) in [4.78, 5) is 12.2. The van der Waals surface area contributed by atoms with Gasteiger partial charge in [0.25, 0.3) is 0 Å². The van der Waals surface area contributed by atoms with Crippen molar-refractivity contribution in [3.63, 3.8) is 0 Å². The van der Waals surface area contributed by atoms with Crippen LogP contribution >= 0.6 is 0 Å². The average Bonchev–Trinajstić information content (AvgIpc) is 2.76. The molecule has 0 aromatic heterocycles. The van der Waals surface area contributed by atoms with Crippen LogP contribution in [0, 0.1) is 5.92 Å². The second-order valence-corrected chi connectivity index (χ2v) is 5.94. The van der Waals surface area contributed by atoms with Gasteiger partial charge in [-0.3, -0.25) is 4.79 Å². The van der Waals surface area contributed by atoms with Gasteiger partial charge >= 0.3 is 0 Å². The number of hydrogen-bond donors (Lipinski definition) is 2. The Labute approximate surface area is 121 Å². The van der Waals surface area contributed by atoms with Gasteiger partial charge in [0.2, 0.25) is 5.91 Å². The number of hydrogen-bond acceptors (Lipinski definition) is 2. The highest BCUT2D eigenvalue weighted by molar-refractivity contribution is 5.83. The maximum Gasteiger partial charge on any atom is 0.241 e. The van der Waals surface area contributed by atoms with Crippen molar-refractivity contribution in [3.8, 4) is 0 Å². The fourth-order valence-corrected chi connectivity index (χ4v) is 3.05. The van der Waals surface area contributed by atoms with Crippen molar-refractivity contribution < 1.29 is 4.79 Å². The smallest absolute Gasteiger partial charge is 0.241 e. The fraction of sp³-hybridized carbons (Fsp3) is 0.588. The first-order valence-corrected chi connectivity index (χ1v) is 7.79. The Morgan fingerprint density at radius 3 is 2.35 bits per heavy atom. The molecule has 1 amide bonds. The minimum Gasteiger partial charge on any atom is -0.352 e. The predicted molar refractivity (Wildman–Crippen MR) is 82.2 cm³/mol. The molecular weight excluding hydrogens is 248 g/mol. The van der Waals surface area contributed by atoms with Crippen LogP contribution in [0.1, 0.15) is 57.1 Å². The molecule has 3 nitrogen and oxygen atoms in total. The number of nitrogens with two attached hydrogens (primary N) is 1. The summed E-state index contributed by atoms with van der Waals surface area (Å²) < 4.78 is 0. The van der Waals surface area contributed by atoms with E-state index in [4.69, 9.17) is 5.73 Å². The highest BCUT2D eigenvalue weighted by Crippen LogP contribution is 2.25. The quantitative estimate of drug-likeness (QED) is 0.829. The van der Waals surface area contributed by atoms with E-state index in [1.165, 1.54) is 38.5 Å². The lowest BCUT2D eigenvalue weighted by Crippen LogP contribution is -2.42. The molecule has 1 fully saturated rings. The summed E-state index contributed by atoms with van der Waals surface area (Å²) in [6, 6.07) is 9.22. The van der Waals surface area contributed by atoms with Crippen LogP contribution in [0.15, 0.2) is 30.3 Å². The molecule has 0 bridgehead atoms. The fourth-order valence-electron chi connectivity index (χ4n) is 3.05. The minimum atomic E-state index is -0.565. The van der Waals surface area contributed by atoms with E-state index in [9.17, 15) is 4.79 Å². The Morgan fingerprint density at radius 1 is 1.15 bits per heavy atom. The number of nitrogens with one attached hydrogen (secondary N) is 1. The molecule has 110 valence electrons. The predicted octanol–water partition coefficient (Wildman–Crippen LogP) is 3.16. The lowest BCUT2D eigenvalue weighted by molar-refractivity contribution is -0.123. The Balaban J connectivity index is 1.89. The van der Waals surface area contributed by atoms with E-state index < -0.39 is 6.04 Å². The summed E-state index contributed by atoms with van der Waals surface area (Å²) in [6.07, 6.45) is 7.69. The van der Waals surface area contributed by atoms with Crippen molar-refractivity contribution in [2.24, 2.45) is 11.7 Å². The van der Waals surface area contributed by atoms with Crippen LogP contribution in [0.3, 0.4) is 0 Å². The average molecular weight is 274 g/mol. The number of rotatable bonds is 4. The van der Waals surface area contributed by atoms with E-state index in [0.29, 0.717) is 5.92 Å². The largest absolute Gasteiger partial charge is 0.352 e. The lowest BCUT2D eigenvalue weighted by Gasteiger charge is -2.25. The SMILES string of the molecule is C[C@@H](NC(=O)C(N)c1ccccc1)C1CCCCCC1. The van der Waals surface area contributed by atoms with Crippen LogP contribution in [0.2, 0.25) is 0 Å². The first kappa shape index (κ1) is 15.0. The van der Waals surface area contributed by atoms with E-state index in [1.807, 2.05) is 30.3 Å². The number of benzene rings is 1. The molecule has 3 N–H and O–H groups in total. The van der Waals surface area contributed by atoms with E-state index >= 15 is 0 Å². The first-order chi connectivity index (χ1) is 9.68. The molecule has 0 spiro atoms. The maximum atomic E-state index is 12.2. The summed E-state index contributed by atoms with van der Waals surface area (Å²) in [5, 5.41) is 3.11. The van der Waals surface area contributed by atoms with Crippen LogP contribution in [0.4, 0.5) is 0 Å². The van der Waals surface area contributed by atoms with E-state index in [1.54, 1.807) is 0 Å².